The van der Waals surface area contributed by atoms with E-state index in [0.29, 0.717) is 18.1 Å². The number of benzene rings is 1. The van der Waals surface area contributed by atoms with Crippen LogP contribution in [-0.4, -0.2) is 89.4 Å². The number of pyridine rings is 1. The van der Waals surface area contributed by atoms with E-state index in [-0.39, 0.29) is 53.2 Å². The molecule has 15 nitrogen and oxygen atoms in total. The Morgan fingerprint density at radius 1 is 1.14 bits per heavy atom. The van der Waals surface area contributed by atoms with E-state index in [1.807, 2.05) is 24.0 Å². The molecule has 0 saturated heterocycles. The van der Waals surface area contributed by atoms with E-state index in [0.717, 1.165) is 29.9 Å². The number of aromatic nitrogens is 3. The summed E-state index contributed by atoms with van der Waals surface area (Å²) in [6, 6.07) is 6.82. The lowest BCUT2D eigenvalue weighted by Crippen LogP contribution is -2.38. The highest BCUT2D eigenvalue weighted by molar-refractivity contribution is 5.96. The zero-order chi connectivity index (χ0) is 35.8. The molecule has 1 spiro atoms. The van der Waals surface area contributed by atoms with Gasteiger partial charge < -0.3 is 34.2 Å². The molecule has 1 fully saturated rings. The molecule has 0 radical (unpaired) electrons. The minimum atomic E-state index is -0.650. The quantitative estimate of drug-likeness (QED) is 0.145. The van der Waals surface area contributed by atoms with E-state index in [1.54, 1.807) is 59.7 Å². The minimum Gasteiger partial charge on any atom is -0.494 e. The lowest BCUT2D eigenvalue weighted by atomic mass is 10.0. The van der Waals surface area contributed by atoms with Gasteiger partial charge in [-0.1, -0.05) is 0 Å². The number of ether oxygens (including phenoxy) is 3. The normalized spacial score (nSPS) is 14.4. The largest absolute Gasteiger partial charge is 0.494 e. The van der Waals surface area contributed by atoms with Crippen LogP contribution in [0.5, 0.6) is 5.75 Å². The SMILES string of the molecule is COc1cc(N(C)CCN(C)C(=O)OC(C)(C)C)c([N+](=O)[O-])cc1Nc1ncc(C(=O)OC(C)C)c(N2CC3(CC3)c3nc(C)ccc32)n1. The zero-order valence-corrected chi connectivity index (χ0v) is 29.5. The number of nitro groups is 1. The highest BCUT2D eigenvalue weighted by atomic mass is 16.6. The van der Waals surface area contributed by atoms with E-state index in [1.165, 1.54) is 24.3 Å². The molecular formula is C34H44N8O7. The average Bonchev–Trinajstić information content (AvgIpc) is 3.74. The second-order valence-electron chi connectivity index (χ2n) is 13.8. The lowest BCUT2D eigenvalue weighted by molar-refractivity contribution is -0.384. The van der Waals surface area contributed by atoms with Crippen LogP contribution in [0.2, 0.25) is 0 Å². The number of amides is 1. The summed E-state index contributed by atoms with van der Waals surface area (Å²) in [5.74, 6) is 0.178. The molecule has 0 bridgehead atoms. The van der Waals surface area contributed by atoms with Crippen molar-refractivity contribution < 1.29 is 28.7 Å². The van der Waals surface area contributed by atoms with E-state index in [9.17, 15) is 19.7 Å². The van der Waals surface area contributed by atoms with Gasteiger partial charge in [-0.3, -0.25) is 15.1 Å². The van der Waals surface area contributed by atoms with Gasteiger partial charge in [-0.05, 0) is 66.5 Å². The van der Waals surface area contributed by atoms with Gasteiger partial charge in [0.15, 0.2) is 5.82 Å². The monoisotopic (exact) mass is 676 g/mol. The van der Waals surface area contributed by atoms with Crippen molar-refractivity contribution in [2.24, 2.45) is 0 Å². The summed E-state index contributed by atoms with van der Waals surface area (Å²) < 4.78 is 16.6. The molecule has 1 aliphatic heterocycles. The van der Waals surface area contributed by atoms with Crippen LogP contribution < -0.4 is 19.9 Å². The smallest absolute Gasteiger partial charge is 0.410 e. The summed E-state index contributed by atoms with van der Waals surface area (Å²) in [5, 5.41) is 15.4. The van der Waals surface area contributed by atoms with E-state index in [4.69, 9.17) is 24.2 Å². The number of carbonyl (C=O) groups excluding carboxylic acids is 2. The third-order valence-electron chi connectivity index (χ3n) is 8.33. The molecule has 0 atom stereocenters. The van der Waals surface area contributed by atoms with Crippen molar-refractivity contribution in [3.05, 3.63) is 57.5 Å². The minimum absolute atomic E-state index is 0.0992. The summed E-state index contributed by atoms with van der Waals surface area (Å²) in [5.41, 5.74) is 2.53. The number of nitrogens with zero attached hydrogens (tertiary/aromatic N) is 7. The van der Waals surface area contributed by atoms with Gasteiger partial charge in [0.05, 0.1) is 35.2 Å². The predicted octanol–water partition coefficient (Wildman–Crippen LogP) is 5.89. The number of nitro benzene ring substituents is 1. The molecule has 5 rings (SSSR count). The maximum atomic E-state index is 13.3. The molecule has 2 aromatic heterocycles. The molecule has 0 unspecified atom stereocenters. The standard InChI is InChI=1S/C34H44N8O7/c1-20(2)48-30(43)22-18-35-31(38-29(22)41-19-34(12-13-34)28-24(41)11-10-21(3)36-28)37-23-16-26(42(45)46)25(17-27(23)47-9)39(7)14-15-40(8)32(44)49-33(4,5)6/h10-11,16-18,20H,12-15,19H2,1-9H3,(H,35,37,38). The molecule has 3 heterocycles. The number of nitrogens with one attached hydrogen (secondary N) is 1. The lowest BCUT2D eigenvalue weighted by Gasteiger charge is -2.27. The number of aryl methyl sites for hydroxylation is 1. The van der Waals surface area contributed by atoms with Gasteiger partial charge in [-0.15, -0.1) is 0 Å². The number of hydrogen-bond donors (Lipinski definition) is 1. The maximum Gasteiger partial charge on any atom is 0.410 e. The van der Waals surface area contributed by atoms with Crippen molar-refractivity contribution in [2.75, 3.05) is 56.0 Å². The Morgan fingerprint density at radius 2 is 1.86 bits per heavy atom. The van der Waals surface area contributed by atoms with Gasteiger partial charge in [-0.25, -0.2) is 14.6 Å². The molecule has 49 heavy (non-hydrogen) atoms. The van der Waals surface area contributed by atoms with Gasteiger partial charge in [0, 0.05) is 63.2 Å². The predicted molar refractivity (Wildman–Crippen MR) is 185 cm³/mol. The number of likely N-dealkylation sites (N-methyl/N-ethyl adjacent to an activating group) is 2. The Hall–Kier alpha value is -5.21. The molecular weight excluding hydrogens is 632 g/mol. The Balaban J connectivity index is 1.46. The van der Waals surface area contributed by atoms with Crippen LogP contribution in [0, 0.1) is 17.0 Å². The first-order chi connectivity index (χ1) is 23.0. The van der Waals surface area contributed by atoms with Crippen LogP contribution in [0.1, 0.15) is 69.2 Å². The van der Waals surface area contributed by atoms with E-state index in [2.05, 4.69) is 10.3 Å². The number of rotatable bonds is 11. The molecule has 1 saturated carbocycles. The first-order valence-electron chi connectivity index (χ1n) is 16.1. The van der Waals surface area contributed by atoms with Crippen LogP contribution in [0.25, 0.3) is 0 Å². The van der Waals surface area contributed by atoms with Gasteiger partial charge in [-0.2, -0.15) is 4.98 Å². The van der Waals surface area contributed by atoms with Crippen molar-refractivity contribution >= 4 is 46.6 Å². The number of methoxy groups -OCH3 is 1. The molecule has 1 amide bonds. The van der Waals surface area contributed by atoms with Crippen molar-refractivity contribution in [2.45, 2.75) is 71.5 Å². The van der Waals surface area contributed by atoms with Crippen molar-refractivity contribution in [3.8, 4) is 5.75 Å². The number of fused-ring (bicyclic) bond motifs is 2. The number of hydrogen-bond acceptors (Lipinski definition) is 13. The van der Waals surface area contributed by atoms with Gasteiger partial charge in [0.2, 0.25) is 5.95 Å². The van der Waals surface area contributed by atoms with Crippen molar-refractivity contribution in [1.82, 2.24) is 19.9 Å². The zero-order valence-electron chi connectivity index (χ0n) is 29.5. The van der Waals surface area contributed by atoms with E-state index < -0.39 is 22.6 Å². The second kappa shape index (κ2) is 13.4. The fourth-order valence-corrected chi connectivity index (χ4v) is 5.66. The summed E-state index contributed by atoms with van der Waals surface area (Å²) >= 11 is 0. The van der Waals surface area contributed by atoms with Gasteiger partial charge >= 0.3 is 12.1 Å². The number of carbonyl (C=O) groups is 2. The van der Waals surface area contributed by atoms with Crippen molar-refractivity contribution in [3.63, 3.8) is 0 Å². The molecule has 3 aromatic rings. The molecule has 1 N–H and O–H groups in total. The first-order valence-corrected chi connectivity index (χ1v) is 16.1. The summed E-state index contributed by atoms with van der Waals surface area (Å²) in [7, 11) is 4.75. The summed E-state index contributed by atoms with van der Waals surface area (Å²) in [4.78, 5) is 56.6. The van der Waals surface area contributed by atoms with Crippen LogP contribution in [0.4, 0.5) is 39.3 Å². The van der Waals surface area contributed by atoms with Crippen molar-refractivity contribution in [1.29, 1.82) is 0 Å². The Bertz CT molecular complexity index is 1770. The molecule has 2 aliphatic rings. The average molecular weight is 677 g/mol. The highest BCUT2D eigenvalue weighted by Gasteiger charge is 2.54. The van der Waals surface area contributed by atoms with Crippen LogP contribution >= 0.6 is 0 Å². The van der Waals surface area contributed by atoms with E-state index >= 15 is 0 Å². The van der Waals surface area contributed by atoms with Gasteiger partial charge in [0.1, 0.15) is 22.6 Å². The topological polar surface area (TPSA) is 165 Å². The third kappa shape index (κ3) is 7.60. The fourth-order valence-electron chi connectivity index (χ4n) is 5.66. The second-order valence-corrected chi connectivity index (χ2v) is 13.8. The third-order valence-corrected chi connectivity index (χ3v) is 8.33. The highest BCUT2D eigenvalue weighted by Crippen LogP contribution is 2.57. The summed E-state index contributed by atoms with van der Waals surface area (Å²) in [6.07, 6.45) is 2.51. The maximum absolute atomic E-state index is 13.3. The van der Waals surface area contributed by atoms with Crippen LogP contribution in [-0.2, 0) is 14.9 Å². The van der Waals surface area contributed by atoms with Gasteiger partial charge in [0.25, 0.3) is 5.69 Å². The summed E-state index contributed by atoms with van der Waals surface area (Å²) in [6.45, 7) is 12.0. The Labute approximate surface area is 285 Å². The fraction of sp³-hybridized carbons (Fsp3) is 0.500. The molecule has 15 heteroatoms. The number of esters is 1. The molecule has 1 aromatic carbocycles. The number of anilines is 5. The van der Waals surface area contributed by atoms with Crippen LogP contribution in [0.3, 0.4) is 0 Å². The Morgan fingerprint density at radius 3 is 2.47 bits per heavy atom. The Kier molecular flexibility index (Phi) is 9.57. The van der Waals surface area contributed by atoms with Crippen LogP contribution in [0.15, 0.2) is 30.5 Å². The molecule has 1 aliphatic carbocycles. The molecule has 262 valence electrons. The first kappa shape index (κ1) is 35.1.